The molecule has 0 aliphatic rings. The molecule has 0 bridgehead atoms. The quantitative estimate of drug-likeness (QED) is 0.312. The van der Waals surface area contributed by atoms with E-state index in [9.17, 15) is 27.2 Å². The number of ether oxygens (including phenoxy) is 1. The van der Waals surface area contributed by atoms with Crippen LogP contribution in [0.3, 0.4) is 0 Å². The summed E-state index contributed by atoms with van der Waals surface area (Å²) in [5.74, 6) is -2.66. The Hall–Kier alpha value is -3.36. The van der Waals surface area contributed by atoms with Crippen LogP contribution in [-0.4, -0.2) is 44.0 Å². The monoisotopic (exact) mass is 491 g/mol. The minimum Gasteiger partial charge on any atom is -0.444 e. The van der Waals surface area contributed by atoms with Crippen LogP contribution in [0.2, 0.25) is 0 Å². The van der Waals surface area contributed by atoms with E-state index in [2.05, 4.69) is 29.9 Å². The van der Waals surface area contributed by atoms with Gasteiger partial charge in [-0.05, 0) is 49.3 Å². The van der Waals surface area contributed by atoms with Crippen LogP contribution in [0.4, 0.5) is 22.4 Å². The number of alkyl halides is 3. The molecule has 1 aromatic carbocycles. The Morgan fingerprint density at radius 3 is 2.61 bits per heavy atom. The molecule has 0 fully saturated rings. The van der Waals surface area contributed by atoms with E-state index in [1.54, 1.807) is 20.8 Å². The molecule has 0 spiro atoms. The Bertz CT molecular complexity index is 1200. The maximum Gasteiger partial charge on any atom is 0.446 e. The molecule has 3 aromatic rings. The van der Waals surface area contributed by atoms with Crippen LogP contribution in [0.15, 0.2) is 37.2 Å². The standard InChI is InChI=1S/C18H17F4N5O5S/c1-17(2,3)30-15(28)23-6-7-33-14-12(24-32-26-14)13-25-31-16(29)27(13)9-4-5-11(19)10(8-9)18(20,21)22/h4-5,8H,6-7H2,1-3H3,(H,23,28). The number of thioether (sulfide) groups is 1. The Balaban J connectivity index is 1.81. The minimum atomic E-state index is -4.99. The molecule has 0 aliphatic carbocycles. The lowest BCUT2D eigenvalue weighted by Crippen LogP contribution is -2.33. The van der Waals surface area contributed by atoms with Gasteiger partial charge >= 0.3 is 18.0 Å². The summed E-state index contributed by atoms with van der Waals surface area (Å²) >= 11 is 1.06. The van der Waals surface area contributed by atoms with Gasteiger partial charge in [0.15, 0.2) is 10.7 Å². The first-order chi connectivity index (χ1) is 15.4. The molecule has 3 rings (SSSR count). The zero-order valence-corrected chi connectivity index (χ0v) is 18.2. The van der Waals surface area contributed by atoms with Crippen LogP contribution in [0, 0.1) is 5.82 Å². The van der Waals surface area contributed by atoms with Gasteiger partial charge in [0.25, 0.3) is 0 Å². The maximum absolute atomic E-state index is 13.6. The molecule has 178 valence electrons. The van der Waals surface area contributed by atoms with E-state index in [-0.39, 0.29) is 34.5 Å². The average molecular weight is 491 g/mol. The van der Waals surface area contributed by atoms with Gasteiger partial charge in [-0.2, -0.15) is 13.2 Å². The SMILES string of the molecule is CC(C)(C)OC(=O)NCCSc1nonc1-c1noc(=O)n1-c1ccc(F)c(C(F)(F)F)c1. The van der Waals surface area contributed by atoms with Crippen molar-refractivity contribution in [3.05, 3.63) is 40.1 Å². The van der Waals surface area contributed by atoms with E-state index < -0.39 is 35.0 Å². The second kappa shape index (κ2) is 9.25. The van der Waals surface area contributed by atoms with E-state index in [4.69, 9.17) is 4.74 Å². The number of amides is 1. The molecule has 33 heavy (non-hydrogen) atoms. The van der Waals surface area contributed by atoms with Gasteiger partial charge in [-0.25, -0.2) is 23.2 Å². The average Bonchev–Trinajstić information content (AvgIpc) is 3.29. The fourth-order valence-corrected chi connectivity index (χ4v) is 3.27. The van der Waals surface area contributed by atoms with E-state index in [1.165, 1.54) is 0 Å². The van der Waals surface area contributed by atoms with Crippen molar-refractivity contribution in [3.8, 4) is 17.2 Å². The van der Waals surface area contributed by atoms with Crippen LogP contribution in [0.5, 0.6) is 0 Å². The summed E-state index contributed by atoms with van der Waals surface area (Å²) < 4.78 is 67.9. The number of halogens is 4. The predicted molar refractivity (Wildman–Crippen MR) is 105 cm³/mol. The number of benzene rings is 1. The third-order valence-corrected chi connectivity index (χ3v) is 4.75. The molecular formula is C18H17F4N5O5S. The van der Waals surface area contributed by atoms with Crippen LogP contribution >= 0.6 is 11.8 Å². The predicted octanol–water partition coefficient (Wildman–Crippen LogP) is 3.65. The first kappa shape index (κ1) is 24.3. The second-order valence-corrected chi connectivity index (χ2v) is 8.55. The molecule has 15 heteroatoms. The highest BCUT2D eigenvalue weighted by Gasteiger charge is 2.35. The van der Waals surface area contributed by atoms with Crippen molar-refractivity contribution in [1.29, 1.82) is 0 Å². The van der Waals surface area contributed by atoms with Crippen molar-refractivity contribution in [1.82, 2.24) is 25.4 Å². The summed E-state index contributed by atoms with van der Waals surface area (Å²) in [6.07, 6.45) is -5.61. The van der Waals surface area contributed by atoms with Gasteiger partial charge in [-0.3, -0.25) is 4.52 Å². The molecular weight excluding hydrogens is 474 g/mol. The van der Waals surface area contributed by atoms with E-state index >= 15 is 0 Å². The second-order valence-electron chi connectivity index (χ2n) is 7.46. The Morgan fingerprint density at radius 1 is 1.21 bits per heavy atom. The number of alkyl carbamates (subject to hydrolysis) is 1. The van der Waals surface area contributed by atoms with Crippen molar-refractivity contribution in [2.24, 2.45) is 0 Å². The smallest absolute Gasteiger partial charge is 0.444 e. The van der Waals surface area contributed by atoms with Crippen molar-refractivity contribution < 1.29 is 36.2 Å². The summed E-state index contributed by atoms with van der Waals surface area (Å²) in [5, 5.41) is 13.5. The van der Waals surface area contributed by atoms with Gasteiger partial charge in [0.05, 0.1) is 11.3 Å². The topological polar surface area (TPSA) is 125 Å². The minimum absolute atomic E-state index is 0.0963. The van der Waals surface area contributed by atoms with Crippen molar-refractivity contribution in [3.63, 3.8) is 0 Å². The number of carbonyl (C=O) groups excluding carboxylic acids is 1. The summed E-state index contributed by atoms with van der Waals surface area (Å²) in [4.78, 5) is 23.8. The van der Waals surface area contributed by atoms with Gasteiger partial charge in [0.1, 0.15) is 11.4 Å². The summed E-state index contributed by atoms with van der Waals surface area (Å²) in [6, 6.07) is 1.97. The number of hydrogen-bond donors (Lipinski definition) is 1. The van der Waals surface area contributed by atoms with Gasteiger partial charge in [-0.1, -0.05) is 16.9 Å². The van der Waals surface area contributed by atoms with E-state index in [1.807, 2.05) is 0 Å². The van der Waals surface area contributed by atoms with Crippen LogP contribution in [-0.2, 0) is 10.9 Å². The lowest BCUT2D eigenvalue weighted by molar-refractivity contribution is -0.140. The Labute approximate surface area is 187 Å². The fraction of sp³-hybridized carbons (Fsp3) is 0.389. The molecule has 2 aromatic heterocycles. The zero-order chi connectivity index (χ0) is 24.4. The highest BCUT2D eigenvalue weighted by molar-refractivity contribution is 7.99. The Kier molecular flexibility index (Phi) is 6.81. The van der Waals surface area contributed by atoms with Gasteiger partial charge in [0, 0.05) is 12.3 Å². The summed E-state index contributed by atoms with van der Waals surface area (Å²) in [6.45, 7) is 5.31. The molecule has 0 aliphatic heterocycles. The number of nitrogens with one attached hydrogen (secondary N) is 1. The lowest BCUT2D eigenvalue weighted by atomic mass is 10.1. The van der Waals surface area contributed by atoms with Gasteiger partial charge in [-0.15, -0.1) is 0 Å². The lowest BCUT2D eigenvalue weighted by Gasteiger charge is -2.19. The van der Waals surface area contributed by atoms with E-state index in [0.29, 0.717) is 16.7 Å². The van der Waals surface area contributed by atoms with Crippen LogP contribution in [0.25, 0.3) is 17.2 Å². The number of rotatable bonds is 6. The number of nitrogens with zero attached hydrogens (tertiary/aromatic N) is 4. The van der Waals surface area contributed by atoms with Crippen molar-refractivity contribution in [2.75, 3.05) is 12.3 Å². The number of aromatic nitrogens is 4. The third kappa shape index (κ3) is 5.91. The van der Waals surface area contributed by atoms with Gasteiger partial charge < -0.3 is 10.1 Å². The molecule has 0 radical (unpaired) electrons. The molecule has 0 atom stereocenters. The Morgan fingerprint density at radius 2 is 1.94 bits per heavy atom. The number of hydrogen-bond acceptors (Lipinski definition) is 9. The highest BCUT2D eigenvalue weighted by atomic mass is 32.2. The van der Waals surface area contributed by atoms with Gasteiger partial charge in [0.2, 0.25) is 5.82 Å². The molecule has 0 unspecified atom stereocenters. The first-order valence-electron chi connectivity index (χ1n) is 9.25. The molecule has 2 heterocycles. The summed E-state index contributed by atoms with van der Waals surface area (Å²) in [5.41, 5.74) is -2.68. The van der Waals surface area contributed by atoms with Crippen molar-refractivity contribution >= 4 is 17.9 Å². The van der Waals surface area contributed by atoms with Crippen LogP contribution < -0.4 is 11.1 Å². The largest absolute Gasteiger partial charge is 0.446 e. The zero-order valence-electron chi connectivity index (χ0n) is 17.4. The summed E-state index contributed by atoms with van der Waals surface area (Å²) in [7, 11) is 0. The fourth-order valence-electron chi connectivity index (χ4n) is 2.52. The number of carbonyl (C=O) groups is 1. The molecule has 1 N–H and O–H groups in total. The molecule has 0 saturated heterocycles. The molecule has 1 amide bonds. The maximum atomic E-state index is 13.6. The molecule has 10 nitrogen and oxygen atoms in total. The highest BCUT2D eigenvalue weighted by Crippen LogP contribution is 2.33. The van der Waals surface area contributed by atoms with Crippen molar-refractivity contribution in [2.45, 2.75) is 37.6 Å². The first-order valence-corrected chi connectivity index (χ1v) is 10.2. The normalized spacial score (nSPS) is 12.1. The van der Waals surface area contributed by atoms with E-state index in [0.717, 1.165) is 17.8 Å². The van der Waals surface area contributed by atoms with Crippen LogP contribution in [0.1, 0.15) is 26.3 Å². The third-order valence-electron chi connectivity index (χ3n) is 3.80. The molecule has 0 saturated carbocycles.